The minimum absolute atomic E-state index is 0.0172. The molecule has 0 saturated heterocycles. The largest absolute Gasteiger partial charge is 0.370 e. The number of aromatic nitrogens is 2. The monoisotopic (exact) mass is 516 g/mol. The molecule has 0 saturated carbocycles. The average molecular weight is 517 g/mol. The average Bonchev–Trinajstić information content (AvgIpc) is 3.21. The second kappa shape index (κ2) is 11.1. The Bertz CT molecular complexity index is 1250. The molecule has 0 fully saturated rings. The van der Waals surface area contributed by atoms with Crippen LogP contribution >= 0.6 is 0 Å². The molecule has 1 aliphatic rings. The van der Waals surface area contributed by atoms with Gasteiger partial charge in [-0.1, -0.05) is 36.9 Å². The number of benzene rings is 2. The zero-order valence-electron chi connectivity index (χ0n) is 21.1. The Labute approximate surface area is 214 Å². The third-order valence-corrected chi connectivity index (χ3v) is 6.49. The van der Waals surface area contributed by atoms with Crippen molar-refractivity contribution >= 4 is 0 Å². The van der Waals surface area contributed by atoms with Gasteiger partial charge in [0.1, 0.15) is 11.6 Å². The molecule has 0 aliphatic carbocycles. The summed E-state index contributed by atoms with van der Waals surface area (Å²) >= 11 is 0. The van der Waals surface area contributed by atoms with Crippen molar-refractivity contribution in [1.82, 2.24) is 14.5 Å². The summed E-state index contributed by atoms with van der Waals surface area (Å²) < 4.78 is 63.6. The highest BCUT2D eigenvalue weighted by Gasteiger charge is 2.32. The van der Waals surface area contributed by atoms with Crippen molar-refractivity contribution in [3.63, 3.8) is 0 Å². The molecule has 1 aliphatic heterocycles. The number of fused-ring (bicyclic) bond motifs is 1. The van der Waals surface area contributed by atoms with Gasteiger partial charge in [0.25, 0.3) is 0 Å². The minimum atomic E-state index is -1.62. The highest BCUT2D eigenvalue weighted by atomic mass is 19.2. The maximum absolute atomic E-state index is 15.0. The summed E-state index contributed by atoms with van der Waals surface area (Å²) in [7, 11) is 0. The lowest BCUT2D eigenvalue weighted by Crippen LogP contribution is -2.37. The van der Waals surface area contributed by atoms with Crippen molar-refractivity contribution in [3.8, 4) is 0 Å². The van der Waals surface area contributed by atoms with E-state index >= 15 is 0 Å². The topological polar surface area (TPSA) is 56.3 Å². The van der Waals surface area contributed by atoms with Gasteiger partial charge in [-0.3, -0.25) is 0 Å². The summed E-state index contributed by atoms with van der Waals surface area (Å²) in [6.07, 6.45) is 0.362. The van der Waals surface area contributed by atoms with Gasteiger partial charge < -0.3 is 19.9 Å². The zero-order valence-corrected chi connectivity index (χ0v) is 21.1. The second-order valence-electron chi connectivity index (χ2n) is 9.95. The van der Waals surface area contributed by atoms with E-state index in [1.54, 1.807) is 0 Å². The van der Waals surface area contributed by atoms with E-state index in [-0.39, 0.29) is 18.6 Å². The van der Waals surface area contributed by atoms with Gasteiger partial charge in [-0.05, 0) is 37.5 Å². The Hall–Kier alpha value is -3.17. The maximum Gasteiger partial charge on any atom is 0.162 e. The van der Waals surface area contributed by atoms with E-state index < -0.39 is 29.2 Å². The summed E-state index contributed by atoms with van der Waals surface area (Å²) in [4.78, 5) is 6.64. The first-order valence-electron chi connectivity index (χ1n) is 12.2. The normalized spacial score (nSPS) is 14.5. The van der Waals surface area contributed by atoms with Gasteiger partial charge in [0.15, 0.2) is 17.3 Å². The molecule has 2 N–H and O–H groups in total. The molecule has 3 aromatic rings. The predicted molar refractivity (Wildman–Crippen MR) is 133 cm³/mol. The Morgan fingerprint density at radius 1 is 1.08 bits per heavy atom. The van der Waals surface area contributed by atoms with Crippen LogP contribution in [0.4, 0.5) is 17.6 Å². The quantitative estimate of drug-likeness (QED) is 0.285. The lowest BCUT2D eigenvalue weighted by molar-refractivity contribution is 0.103. The molecule has 37 heavy (non-hydrogen) atoms. The summed E-state index contributed by atoms with van der Waals surface area (Å²) in [5, 5.41) is 0. The van der Waals surface area contributed by atoms with E-state index in [9.17, 15) is 17.6 Å². The van der Waals surface area contributed by atoms with E-state index in [4.69, 9.17) is 10.5 Å². The molecule has 0 spiro atoms. The minimum Gasteiger partial charge on any atom is -0.370 e. The zero-order chi connectivity index (χ0) is 26.7. The highest BCUT2D eigenvalue weighted by molar-refractivity contribution is 5.24. The van der Waals surface area contributed by atoms with Crippen LogP contribution in [0.1, 0.15) is 48.6 Å². The summed E-state index contributed by atoms with van der Waals surface area (Å²) in [5.41, 5.74) is 7.88. The number of nitrogens with two attached hydrogens (primary N) is 1. The Balaban J connectivity index is 1.44. The molecule has 5 nitrogen and oxygen atoms in total. The first-order chi connectivity index (χ1) is 17.5. The number of hydrogen-bond acceptors (Lipinski definition) is 4. The third kappa shape index (κ3) is 6.40. The van der Waals surface area contributed by atoms with Crippen molar-refractivity contribution in [3.05, 3.63) is 101 Å². The van der Waals surface area contributed by atoms with E-state index in [1.165, 1.54) is 13.8 Å². The first kappa shape index (κ1) is 26.9. The van der Waals surface area contributed by atoms with Crippen LogP contribution in [-0.4, -0.2) is 27.0 Å². The van der Waals surface area contributed by atoms with Gasteiger partial charge in [0.2, 0.25) is 0 Å². The number of nitrogens with zero attached hydrogens (tertiary/aromatic N) is 3. The lowest BCUT2D eigenvalue weighted by atomic mass is 10.0. The molecule has 0 radical (unpaired) electrons. The number of alkyl halides is 1. The fraction of sp³-hybridized carbons (Fsp3) is 0.393. The van der Waals surface area contributed by atoms with E-state index in [0.717, 1.165) is 23.0 Å². The molecule has 2 heterocycles. The smallest absolute Gasteiger partial charge is 0.162 e. The van der Waals surface area contributed by atoms with Gasteiger partial charge in [-0.25, -0.2) is 22.5 Å². The van der Waals surface area contributed by atoms with Crippen LogP contribution in [0.25, 0.3) is 0 Å². The van der Waals surface area contributed by atoms with Crippen LogP contribution in [0, 0.1) is 17.5 Å². The van der Waals surface area contributed by atoms with Crippen LogP contribution < -0.4 is 5.73 Å². The Kier molecular flexibility index (Phi) is 8.04. The van der Waals surface area contributed by atoms with Crippen LogP contribution in [0.5, 0.6) is 0 Å². The summed E-state index contributed by atoms with van der Waals surface area (Å²) in [5.74, 6) is -2.82. The molecule has 0 bridgehead atoms. The first-order valence-corrected chi connectivity index (χ1v) is 12.2. The predicted octanol–water partition coefficient (Wildman–Crippen LogP) is 5.51. The molecule has 1 unspecified atom stereocenters. The molecular formula is C28H32F4N4O. The van der Waals surface area contributed by atoms with E-state index in [0.29, 0.717) is 50.2 Å². The highest BCUT2D eigenvalue weighted by Crippen LogP contribution is 2.31. The van der Waals surface area contributed by atoms with Gasteiger partial charge >= 0.3 is 0 Å². The molecule has 1 aromatic heterocycles. The van der Waals surface area contributed by atoms with Crippen LogP contribution in [0.15, 0.2) is 54.7 Å². The molecule has 198 valence electrons. The van der Waals surface area contributed by atoms with Gasteiger partial charge in [-0.15, -0.1) is 0 Å². The number of ether oxygens (including phenoxy) is 1. The van der Waals surface area contributed by atoms with Crippen molar-refractivity contribution in [1.29, 1.82) is 0 Å². The number of imidazole rings is 1. The Morgan fingerprint density at radius 3 is 2.49 bits per heavy atom. The molecule has 1 atom stereocenters. The molecule has 0 amide bonds. The second-order valence-corrected chi connectivity index (χ2v) is 9.95. The van der Waals surface area contributed by atoms with Gasteiger partial charge in [-0.2, -0.15) is 0 Å². The van der Waals surface area contributed by atoms with Crippen LogP contribution in [0.2, 0.25) is 0 Å². The molecular weight excluding hydrogens is 484 g/mol. The molecule has 2 aromatic carbocycles. The molecule has 9 heteroatoms. The van der Waals surface area contributed by atoms with Crippen molar-refractivity contribution in [2.45, 2.75) is 64.7 Å². The van der Waals surface area contributed by atoms with Gasteiger partial charge in [0.05, 0.1) is 31.1 Å². The van der Waals surface area contributed by atoms with E-state index in [2.05, 4.69) is 11.6 Å². The van der Waals surface area contributed by atoms with Crippen LogP contribution in [0.3, 0.4) is 0 Å². The van der Waals surface area contributed by atoms with Crippen molar-refractivity contribution in [2.75, 3.05) is 6.54 Å². The third-order valence-electron chi connectivity index (χ3n) is 6.49. The fourth-order valence-corrected chi connectivity index (χ4v) is 4.62. The van der Waals surface area contributed by atoms with Crippen molar-refractivity contribution < 1.29 is 22.3 Å². The molecule has 4 rings (SSSR count). The van der Waals surface area contributed by atoms with Gasteiger partial charge in [0, 0.05) is 37.3 Å². The number of rotatable bonds is 10. The maximum atomic E-state index is 15.0. The standard InChI is InChI=1S/C28H32F4N4O/c1-18(11-21(33)12-20-13-23(30)24(31)14-22(20)29)35-9-10-36-26(15-35)25(34-27(36)28(2,3)32)17-37-16-19-7-5-4-6-8-19/h4-8,13-14,21H,1,9-12,15-17,33H2,2-3H3. The Morgan fingerprint density at radius 2 is 1.78 bits per heavy atom. The van der Waals surface area contributed by atoms with E-state index in [1.807, 2.05) is 39.8 Å². The number of hydrogen-bond donors (Lipinski definition) is 1. The fourth-order valence-electron chi connectivity index (χ4n) is 4.62. The van der Waals surface area contributed by atoms with Crippen LogP contribution in [-0.2, 0) is 43.1 Å². The SMILES string of the molecule is C=C(CC(N)Cc1cc(F)c(F)cc1F)N1CCn2c(C(C)(C)F)nc(COCc3ccccc3)c2C1. The summed E-state index contributed by atoms with van der Waals surface area (Å²) in [6, 6.07) is 10.6. The lowest BCUT2D eigenvalue weighted by Gasteiger charge is -2.34. The number of halogens is 4. The summed E-state index contributed by atoms with van der Waals surface area (Å²) in [6.45, 7) is 9.29. The van der Waals surface area contributed by atoms with Crippen molar-refractivity contribution in [2.24, 2.45) is 5.73 Å².